The van der Waals surface area contributed by atoms with Gasteiger partial charge in [-0.25, -0.2) is 4.98 Å². The molecule has 0 radical (unpaired) electrons. The van der Waals surface area contributed by atoms with E-state index in [0.29, 0.717) is 22.8 Å². The van der Waals surface area contributed by atoms with E-state index in [2.05, 4.69) is 10.5 Å². The van der Waals surface area contributed by atoms with Crippen molar-refractivity contribution in [2.24, 2.45) is 0 Å². The van der Waals surface area contributed by atoms with Gasteiger partial charge in [-0.05, 0) is 68.3 Å². The number of alkyl halides is 3. The van der Waals surface area contributed by atoms with E-state index in [1.165, 1.54) is 12.1 Å². The van der Waals surface area contributed by atoms with Crippen molar-refractivity contribution in [1.29, 1.82) is 0 Å². The third kappa shape index (κ3) is 5.74. The van der Waals surface area contributed by atoms with E-state index in [1.807, 2.05) is 44.2 Å². The lowest BCUT2D eigenvalue weighted by Gasteiger charge is -2.09. The van der Waals surface area contributed by atoms with Gasteiger partial charge in [-0.2, -0.15) is 18.7 Å². The standard InChI is InChI=1S/C23H23F3N2O3/c1-14(11-15(2)28-29)18-5-4-6-20(12-18)30-13-21-16(3)31-22(27-21)17-7-9-19(10-8-17)23(24,25)26/h4-12,15,28-29H,13H2,1-3H3. The number of aryl methyl sites for hydroxylation is 1. The average molecular weight is 432 g/mol. The second-order valence-electron chi connectivity index (χ2n) is 7.18. The van der Waals surface area contributed by atoms with Gasteiger partial charge in [-0.3, -0.25) is 0 Å². The highest BCUT2D eigenvalue weighted by atomic mass is 19.4. The van der Waals surface area contributed by atoms with Crippen LogP contribution in [0.1, 0.15) is 36.4 Å². The van der Waals surface area contributed by atoms with Gasteiger partial charge >= 0.3 is 6.18 Å². The number of nitrogens with zero attached hydrogens (tertiary/aromatic N) is 1. The maximum Gasteiger partial charge on any atom is 0.416 e. The molecule has 8 heteroatoms. The van der Waals surface area contributed by atoms with Crippen molar-refractivity contribution in [3.8, 4) is 17.2 Å². The van der Waals surface area contributed by atoms with Gasteiger partial charge in [0.05, 0.1) is 5.56 Å². The number of benzene rings is 2. The summed E-state index contributed by atoms with van der Waals surface area (Å²) in [6.45, 7) is 5.64. The molecule has 0 aliphatic heterocycles. The Morgan fingerprint density at radius 1 is 1.23 bits per heavy atom. The van der Waals surface area contributed by atoms with Gasteiger partial charge in [-0.1, -0.05) is 18.2 Å². The Morgan fingerprint density at radius 3 is 2.58 bits per heavy atom. The predicted molar refractivity (Wildman–Crippen MR) is 110 cm³/mol. The number of ether oxygens (including phenoxy) is 1. The van der Waals surface area contributed by atoms with Crippen molar-refractivity contribution in [1.82, 2.24) is 10.5 Å². The van der Waals surface area contributed by atoms with Crippen molar-refractivity contribution >= 4 is 5.57 Å². The number of hydroxylamine groups is 1. The lowest BCUT2D eigenvalue weighted by atomic mass is 10.1. The quantitative estimate of drug-likeness (QED) is 0.447. The minimum atomic E-state index is -4.39. The number of allylic oxidation sites excluding steroid dienone is 1. The van der Waals surface area contributed by atoms with Crippen LogP contribution in [0.4, 0.5) is 13.2 Å². The van der Waals surface area contributed by atoms with E-state index < -0.39 is 11.7 Å². The Hall–Kier alpha value is -3.10. The lowest BCUT2D eigenvalue weighted by molar-refractivity contribution is -0.137. The largest absolute Gasteiger partial charge is 0.487 e. The van der Waals surface area contributed by atoms with Gasteiger partial charge in [0.1, 0.15) is 23.8 Å². The SMILES string of the molecule is CC(=CC(C)NO)c1cccc(OCc2nc(-c3ccc(C(F)(F)F)cc3)oc2C)c1. The molecule has 1 aromatic heterocycles. The molecule has 31 heavy (non-hydrogen) atoms. The molecule has 0 saturated heterocycles. The lowest BCUT2D eigenvalue weighted by Crippen LogP contribution is -2.19. The second kappa shape index (κ2) is 9.36. The molecular weight excluding hydrogens is 409 g/mol. The smallest absolute Gasteiger partial charge is 0.416 e. The van der Waals surface area contributed by atoms with Crippen LogP contribution in [0.5, 0.6) is 5.75 Å². The zero-order valence-corrected chi connectivity index (χ0v) is 17.3. The summed E-state index contributed by atoms with van der Waals surface area (Å²) in [4.78, 5) is 4.37. The number of oxazole rings is 1. The highest BCUT2D eigenvalue weighted by molar-refractivity contribution is 5.65. The highest BCUT2D eigenvalue weighted by Gasteiger charge is 2.30. The Labute approximate surface area is 178 Å². The van der Waals surface area contributed by atoms with Crippen molar-refractivity contribution < 1.29 is 27.5 Å². The van der Waals surface area contributed by atoms with E-state index in [0.717, 1.165) is 23.3 Å². The summed E-state index contributed by atoms with van der Waals surface area (Å²) < 4.78 is 49.7. The highest BCUT2D eigenvalue weighted by Crippen LogP contribution is 2.31. The monoisotopic (exact) mass is 432 g/mol. The van der Waals surface area contributed by atoms with E-state index in [-0.39, 0.29) is 18.5 Å². The zero-order valence-electron chi connectivity index (χ0n) is 17.3. The van der Waals surface area contributed by atoms with Crippen LogP contribution in [0.2, 0.25) is 0 Å². The fraction of sp³-hybridized carbons (Fsp3) is 0.261. The topological polar surface area (TPSA) is 67.5 Å². The van der Waals surface area contributed by atoms with Crippen LogP contribution in [0, 0.1) is 6.92 Å². The van der Waals surface area contributed by atoms with Gasteiger partial charge in [0.2, 0.25) is 5.89 Å². The van der Waals surface area contributed by atoms with Crippen molar-refractivity contribution in [2.45, 2.75) is 39.6 Å². The first-order valence-electron chi connectivity index (χ1n) is 9.62. The van der Waals surface area contributed by atoms with Gasteiger partial charge < -0.3 is 14.4 Å². The van der Waals surface area contributed by atoms with Crippen LogP contribution >= 0.6 is 0 Å². The number of aromatic nitrogens is 1. The van der Waals surface area contributed by atoms with Gasteiger partial charge in [-0.15, -0.1) is 0 Å². The summed E-state index contributed by atoms with van der Waals surface area (Å²) in [5, 5.41) is 8.97. The third-order valence-corrected chi connectivity index (χ3v) is 4.72. The van der Waals surface area contributed by atoms with Crippen LogP contribution in [0.3, 0.4) is 0 Å². The molecule has 0 spiro atoms. The molecule has 3 aromatic rings. The Kier molecular flexibility index (Phi) is 6.82. The molecule has 1 atom stereocenters. The van der Waals surface area contributed by atoms with Crippen LogP contribution in [0.25, 0.3) is 17.0 Å². The van der Waals surface area contributed by atoms with Gasteiger partial charge in [0.25, 0.3) is 0 Å². The first-order valence-corrected chi connectivity index (χ1v) is 9.62. The third-order valence-electron chi connectivity index (χ3n) is 4.72. The predicted octanol–water partition coefficient (Wildman–Crippen LogP) is 6.02. The molecule has 0 aliphatic carbocycles. The summed E-state index contributed by atoms with van der Waals surface area (Å²) in [7, 11) is 0. The molecule has 0 saturated carbocycles. The molecule has 1 heterocycles. The number of hydrogen-bond donors (Lipinski definition) is 2. The summed E-state index contributed by atoms with van der Waals surface area (Å²) in [5.41, 5.74) is 4.39. The molecule has 0 fully saturated rings. The van der Waals surface area contributed by atoms with Gasteiger partial charge in [0.15, 0.2) is 0 Å². The Bertz CT molecular complexity index is 1060. The molecular formula is C23H23F3N2O3. The van der Waals surface area contributed by atoms with Crippen molar-refractivity contribution in [3.05, 3.63) is 77.2 Å². The molecule has 0 bridgehead atoms. The molecule has 164 valence electrons. The summed E-state index contributed by atoms with van der Waals surface area (Å²) >= 11 is 0. The van der Waals surface area contributed by atoms with Crippen LogP contribution in [-0.4, -0.2) is 16.2 Å². The number of nitrogens with one attached hydrogen (secondary N) is 1. The van der Waals surface area contributed by atoms with Crippen LogP contribution in [0.15, 0.2) is 59.0 Å². The van der Waals surface area contributed by atoms with E-state index in [9.17, 15) is 13.2 Å². The molecule has 0 aliphatic rings. The first kappa shape index (κ1) is 22.6. The average Bonchev–Trinajstić information content (AvgIpc) is 3.12. The number of halogens is 3. The van der Waals surface area contributed by atoms with E-state index in [1.54, 1.807) is 6.92 Å². The minimum absolute atomic E-state index is 0.150. The number of rotatable bonds is 7. The second-order valence-corrected chi connectivity index (χ2v) is 7.18. The van der Waals surface area contributed by atoms with Crippen LogP contribution in [-0.2, 0) is 12.8 Å². The Balaban J connectivity index is 1.72. The minimum Gasteiger partial charge on any atom is -0.487 e. The summed E-state index contributed by atoms with van der Waals surface area (Å²) in [5.74, 6) is 1.40. The summed E-state index contributed by atoms with van der Waals surface area (Å²) in [6, 6.07) is 12.0. The molecule has 2 aromatic carbocycles. The maximum atomic E-state index is 12.7. The van der Waals surface area contributed by atoms with Crippen molar-refractivity contribution in [2.75, 3.05) is 0 Å². The summed E-state index contributed by atoms with van der Waals surface area (Å²) in [6.07, 6.45) is -2.50. The molecule has 2 N–H and O–H groups in total. The fourth-order valence-corrected chi connectivity index (χ4v) is 2.98. The molecule has 5 nitrogen and oxygen atoms in total. The van der Waals surface area contributed by atoms with Crippen molar-refractivity contribution in [3.63, 3.8) is 0 Å². The van der Waals surface area contributed by atoms with E-state index in [4.69, 9.17) is 14.4 Å². The molecule has 0 amide bonds. The normalized spacial score (nSPS) is 13.3. The van der Waals surface area contributed by atoms with Crippen LogP contribution < -0.4 is 10.2 Å². The zero-order chi connectivity index (χ0) is 22.6. The van der Waals surface area contributed by atoms with Gasteiger partial charge in [0, 0.05) is 11.6 Å². The number of hydrogen-bond acceptors (Lipinski definition) is 5. The van der Waals surface area contributed by atoms with E-state index >= 15 is 0 Å². The Morgan fingerprint density at radius 2 is 1.94 bits per heavy atom. The fourth-order valence-electron chi connectivity index (χ4n) is 2.98. The molecule has 1 unspecified atom stereocenters. The molecule has 3 rings (SSSR count). The maximum absolute atomic E-state index is 12.7. The first-order chi connectivity index (χ1) is 14.7.